The summed E-state index contributed by atoms with van der Waals surface area (Å²) in [4.78, 5) is 23.7. The Morgan fingerprint density at radius 2 is 1.94 bits per heavy atom. The number of methoxy groups -OCH3 is 1. The molecule has 0 atom stereocenters. The number of nitrogens with zero attached hydrogens (tertiary/aromatic N) is 1. The van der Waals surface area contributed by atoms with E-state index in [9.17, 15) is 9.59 Å². The highest BCUT2D eigenvalue weighted by atomic mass is 16.5. The molecular weight excluding hydrogens is 206 g/mol. The Morgan fingerprint density at radius 3 is 2.50 bits per heavy atom. The van der Waals surface area contributed by atoms with E-state index >= 15 is 0 Å². The predicted octanol–water partition coefficient (Wildman–Crippen LogP) is 1.24. The number of ether oxygens (including phenoxy) is 1. The summed E-state index contributed by atoms with van der Waals surface area (Å²) in [6.07, 6.45) is 0. The molecule has 1 aromatic rings. The van der Waals surface area contributed by atoms with Crippen molar-refractivity contribution in [1.82, 2.24) is 4.90 Å². The van der Waals surface area contributed by atoms with Gasteiger partial charge in [0.05, 0.1) is 7.11 Å². The molecule has 0 aliphatic heterocycles. The number of hydrogen-bond acceptors (Lipinski definition) is 3. The molecule has 86 valence electrons. The average Bonchev–Trinajstić information content (AvgIpc) is 2.28. The van der Waals surface area contributed by atoms with Crippen LogP contribution in [0, 0.1) is 0 Å². The average molecular weight is 221 g/mol. The van der Waals surface area contributed by atoms with Crippen LogP contribution < -0.4 is 4.74 Å². The van der Waals surface area contributed by atoms with E-state index in [-0.39, 0.29) is 0 Å². The van der Waals surface area contributed by atoms with Gasteiger partial charge in [0.25, 0.3) is 5.91 Å². The maximum atomic E-state index is 11.4. The molecule has 0 fully saturated rings. The van der Waals surface area contributed by atoms with Crippen LogP contribution in [0.5, 0.6) is 5.75 Å². The Hall–Kier alpha value is -1.84. The molecule has 16 heavy (non-hydrogen) atoms. The third kappa shape index (κ3) is 2.82. The fourth-order valence-electron chi connectivity index (χ4n) is 1.43. The second-order valence-corrected chi connectivity index (χ2v) is 3.53. The van der Waals surface area contributed by atoms with E-state index in [0.717, 1.165) is 5.56 Å². The monoisotopic (exact) mass is 221 g/mol. The standard InChI is InChI=1S/C12H15NO3/c1-9(14)12(15)13(2)8-10-6-4-5-7-11(10)16-3/h4-7H,8H2,1-3H3. The molecule has 1 rings (SSSR count). The lowest BCUT2D eigenvalue weighted by Crippen LogP contribution is -2.31. The zero-order valence-corrected chi connectivity index (χ0v) is 9.69. The third-order valence-corrected chi connectivity index (χ3v) is 2.25. The molecule has 0 bridgehead atoms. The number of carbonyl (C=O) groups is 2. The van der Waals surface area contributed by atoms with Crippen molar-refractivity contribution in [2.75, 3.05) is 14.2 Å². The van der Waals surface area contributed by atoms with Crippen molar-refractivity contribution >= 4 is 11.7 Å². The van der Waals surface area contributed by atoms with Crippen LogP contribution in [0.3, 0.4) is 0 Å². The minimum Gasteiger partial charge on any atom is -0.496 e. The van der Waals surface area contributed by atoms with Gasteiger partial charge in [0.1, 0.15) is 5.75 Å². The smallest absolute Gasteiger partial charge is 0.289 e. The quantitative estimate of drug-likeness (QED) is 0.719. The maximum absolute atomic E-state index is 11.4. The topological polar surface area (TPSA) is 46.6 Å². The lowest BCUT2D eigenvalue weighted by molar-refractivity contribution is -0.143. The Balaban J connectivity index is 2.80. The summed E-state index contributed by atoms with van der Waals surface area (Å²) < 4.78 is 5.16. The summed E-state index contributed by atoms with van der Waals surface area (Å²) >= 11 is 0. The molecule has 0 aromatic heterocycles. The van der Waals surface area contributed by atoms with Crippen LogP contribution in [0.25, 0.3) is 0 Å². The van der Waals surface area contributed by atoms with E-state index in [1.54, 1.807) is 14.2 Å². The first-order valence-corrected chi connectivity index (χ1v) is 4.94. The van der Waals surface area contributed by atoms with Gasteiger partial charge in [0.2, 0.25) is 5.78 Å². The van der Waals surface area contributed by atoms with Crippen molar-refractivity contribution in [1.29, 1.82) is 0 Å². The first-order chi connectivity index (χ1) is 7.56. The number of para-hydroxylation sites is 1. The van der Waals surface area contributed by atoms with Crippen molar-refractivity contribution in [2.24, 2.45) is 0 Å². The minimum absolute atomic E-state index is 0.364. The van der Waals surface area contributed by atoms with E-state index in [1.807, 2.05) is 24.3 Å². The summed E-state index contributed by atoms with van der Waals surface area (Å²) in [6, 6.07) is 7.41. The van der Waals surface area contributed by atoms with Crippen molar-refractivity contribution in [3.8, 4) is 5.75 Å². The largest absolute Gasteiger partial charge is 0.496 e. The highest BCUT2D eigenvalue weighted by Crippen LogP contribution is 2.18. The lowest BCUT2D eigenvalue weighted by atomic mass is 10.2. The van der Waals surface area contributed by atoms with Crippen LogP contribution in [0.2, 0.25) is 0 Å². The van der Waals surface area contributed by atoms with Gasteiger partial charge in [-0.3, -0.25) is 9.59 Å². The summed E-state index contributed by atoms with van der Waals surface area (Å²) in [7, 11) is 3.17. The van der Waals surface area contributed by atoms with Crippen molar-refractivity contribution in [3.05, 3.63) is 29.8 Å². The first-order valence-electron chi connectivity index (χ1n) is 4.94. The molecule has 0 heterocycles. The second-order valence-electron chi connectivity index (χ2n) is 3.53. The van der Waals surface area contributed by atoms with Crippen LogP contribution in [0.4, 0.5) is 0 Å². The zero-order chi connectivity index (χ0) is 12.1. The zero-order valence-electron chi connectivity index (χ0n) is 9.69. The lowest BCUT2D eigenvalue weighted by Gasteiger charge is -2.17. The van der Waals surface area contributed by atoms with E-state index in [4.69, 9.17) is 4.74 Å². The number of Topliss-reactive ketones (excluding diaryl/α,β-unsaturated/α-hetero) is 1. The molecular formula is C12H15NO3. The number of amides is 1. The van der Waals surface area contributed by atoms with E-state index in [2.05, 4.69) is 0 Å². The fourth-order valence-corrected chi connectivity index (χ4v) is 1.43. The number of carbonyl (C=O) groups excluding carboxylic acids is 2. The molecule has 0 radical (unpaired) electrons. The molecule has 0 saturated heterocycles. The molecule has 1 amide bonds. The molecule has 0 spiro atoms. The Labute approximate surface area is 94.8 Å². The van der Waals surface area contributed by atoms with Crippen molar-refractivity contribution < 1.29 is 14.3 Å². The van der Waals surface area contributed by atoms with Crippen molar-refractivity contribution in [3.63, 3.8) is 0 Å². The van der Waals surface area contributed by atoms with E-state index in [1.165, 1.54) is 11.8 Å². The van der Waals surface area contributed by atoms with E-state index in [0.29, 0.717) is 12.3 Å². The fraction of sp³-hybridized carbons (Fsp3) is 0.333. The summed E-state index contributed by atoms with van der Waals surface area (Å²) in [5.74, 6) is -0.242. The number of hydrogen-bond donors (Lipinski definition) is 0. The van der Waals surface area contributed by atoms with Gasteiger partial charge >= 0.3 is 0 Å². The molecule has 4 nitrogen and oxygen atoms in total. The Kier molecular flexibility index (Phi) is 4.05. The molecule has 0 saturated carbocycles. The van der Waals surface area contributed by atoms with E-state index < -0.39 is 11.7 Å². The molecule has 0 aliphatic rings. The van der Waals surface area contributed by atoms with Gasteiger partial charge in [-0.05, 0) is 6.07 Å². The molecule has 0 aliphatic carbocycles. The van der Waals surface area contributed by atoms with Crippen LogP contribution in [-0.4, -0.2) is 30.7 Å². The van der Waals surface area contributed by atoms with Gasteiger partial charge < -0.3 is 9.64 Å². The van der Waals surface area contributed by atoms with Crippen LogP contribution in [0.1, 0.15) is 12.5 Å². The van der Waals surface area contributed by atoms with Gasteiger partial charge in [-0.15, -0.1) is 0 Å². The number of benzene rings is 1. The third-order valence-electron chi connectivity index (χ3n) is 2.25. The number of ketones is 1. The molecule has 4 heteroatoms. The second kappa shape index (κ2) is 5.30. The molecule has 0 unspecified atom stereocenters. The number of rotatable bonds is 4. The number of likely N-dealkylation sites (N-methyl/N-ethyl adjacent to an activating group) is 1. The maximum Gasteiger partial charge on any atom is 0.289 e. The van der Waals surface area contributed by atoms with Crippen LogP contribution in [-0.2, 0) is 16.1 Å². The summed E-state index contributed by atoms with van der Waals surface area (Å²) in [5.41, 5.74) is 0.877. The highest BCUT2D eigenvalue weighted by molar-refractivity contribution is 6.34. The predicted molar refractivity (Wildman–Crippen MR) is 60.1 cm³/mol. The summed E-state index contributed by atoms with van der Waals surface area (Å²) in [5, 5.41) is 0. The Morgan fingerprint density at radius 1 is 1.31 bits per heavy atom. The van der Waals surface area contributed by atoms with Gasteiger partial charge in [-0.25, -0.2) is 0 Å². The molecule has 1 aromatic carbocycles. The highest BCUT2D eigenvalue weighted by Gasteiger charge is 2.15. The van der Waals surface area contributed by atoms with Crippen molar-refractivity contribution in [2.45, 2.75) is 13.5 Å². The van der Waals surface area contributed by atoms with Gasteiger partial charge in [0, 0.05) is 26.1 Å². The van der Waals surface area contributed by atoms with Gasteiger partial charge in [-0.2, -0.15) is 0 Å². The van der Waals surface area contributed by atoms with Crippen LogP contribution >= 0.6 is 0 Å². The first kappa shape index (κ1) is 12.2. The minimum atomic E-state index is -0.495. The van der Waals surface area contributed by atoms with Gasteiger partial charge in [0.15, 0.2) is 0 Å². The summed E-state index contributed by atoms with van der Waals surface area (Å²) in [6.45, 7) is 1.63. The van der Waals surface area contributed by atoms with Crippen LogP contribution in [0.15, 0.2) is 24.3 Å². The SMILES string of the molecule is COc1ccccc1CN(C)C(=O)C(C)=O. The normalized spacial score (nSPS) is 9.69. The molecule has 0 N–H and O–H groups in total. The van der Waals surface area contributed by atoms with Gasteiger partial charge in [-0.1, -0.05) is 18.2 Å². The Bertz CT molecular complexity index is 401.